The molecule has 0 amide bonds. The molecule has 1 N–H and O–H groups in total. The second kappa shape index (κ2) is 3.12. The first-order valence-electron chi connectivity index (χ1n) is 5.12. The third-order valence-corrected chi connectivity index (χ3v) is 2.86. The van der Waals surface area contributed by atoms with Crippen LogP contribution in [0.1, 0.15) is 17.3 Å². The van der Waals surface area contributed by atoms with E-state index < -0.39 is 12.1 Å². The van der Waals surface area contributed by atoms with E-state index in [1.807, 2.05) is 0 Å². The molecule has 0 saturated carbocycles. The number of hydrogen-bond acceptors (Lipinski definition) is 3. The van der Waals surface area contributed by atoms with Crippen LogP contribution in [-0.2, 0) is 0 Å². The molecule has 0 bridgehead atoms. The number of aryl methyl sites for hydroxylation is 1. The molecule has 3 heterocycles. The lowest BCUT2D eigenvalue weighted by Crippen LogP contribution is -2.24. The molecule has 1 unspecified atom stereocenters. The largest absolute Gasteiger partial charge is 0.399 e. The van der Waals surface area contributed by atoms with Crippen molar-refractivity contribution < 1.29 is 13.2 Å². The predicted molar refractivity (Wildman–Crippen MR) is 55.0 cm³/mol. The van der Waals surface area contributed by atoms with E-state index in [2.05, 4.69) is 15.4 Å². The predicted octanol–water partition coefficient (Wildman–Crippen LogP) is 2.11. The van der Waals surface area contributed by atoms with E-state index >= 15 is 0 Å². The first kappa shape index (κ1) is 10.4. The minimum Gasteiger partial charge on any atom is -0.381 e. The minimum atomic E-state index is -4.27. The Bertz CT molecular complexity index is 587. The van der Waals surface area contributed by atoms with Crippen molar-refractivity contribution in [2.24, 2.45) is 0 Å². The molecule has 0 spiro atoms. The minimum absolute atomic E-state index is 0.149. The number of nitrogens with one attached hydrogen (secondary N) is 1. The van der Waals surface area contributed by atoms with E-state index in [1.165, 1.54) is 10.7 Å². The fourth-order valence-corrected chi connectivity index (χ4v) is 2.12. The molecule has 0 saturated heterocycles. The van der Waals surface area contributed by atoms with Crippen LogP contribution in [0.5, 0.6) is 0 Å². The van der Waals surface area contributed by atoms with Gasteiger partial charge in [0.05, 0.1) is 23.3 Å². The van der Waals surface area contributed by atoms with Crippen molar-refractivity contribution in [1.29, 1.82) is 0 Å². The summed E-state index contributed by atoms with van der Waals surface area (Å²) in [5.41, 5.74) is 1.65. The monoisotopic (exact) mass is 242 g/mol. The Morgan fingerprint density at radius 1 is 1.47 bits per heavy atom. The third-order valence-electron chi connectivity index (χ3n) is 2.86. The van der Waals surface area contributed by atoms with Gasteiger partial charge in [0.1, 0.15) is 5.92 Å². The molecule has 1 atom stereocenters. The Morgan fingerprint density at radius 3 is 2.94 bits per heavy atom. The molecule has 90 valence electrons. The smallest absolute Gasteiger partial charge is 0.381 e. The standard InChI is InChI=1S/C10H9F3N4/c1-5-2-8-15-4-7-9(17(8)16-5)6(3-14-7)10(11,12)13/h2,4,6,14H,3H2,1H3. The molecule has 0 fully saturated rings. The van der Waals surface area contributed by atoms with Gasteiger partial charge in [-0.05, 0) is 6.92 Å². The zero-order chi connectivity index (χ0) is 12.2. The fraction of sp³-hybridized carbons (Fsp3) is 0.400. The van der Waals surface area contributed by atoms with Crippen LogP contribution >= 0.6 is 0 Å². The van der Waals surface area contributed by atoms with Gasteiger partial charge in [0.2, 0.25) is 0 Å². The van der Waals surface area contributed by atoms with E-state index in [0.717, 1.165) is 0 Å². The van der Waals surface area contributed by atoms with Gasteiger partial charge < -0.3 is 5.32 Å². The van der Waals surface area contributed by atoms with Crippen molar-refractivity contribution in [2.45, 2.75) is 19.0 Å². The van der Waals surface area contributed by atoms with Crippen LogP contribution < -0.4 is 5.32 Å². The lowest BCUT2D eigenvalue weighted by molar-refractivity contribution is -0.147. The van der Waals surface area contributed by atoms with Crippen molar-refractivity contribution in [1.82, 2.24) is 14.6 Å². The Hall–Kier alpha value is -1.79. The average molecular weight is 242 g/mol. The molecule has 0 aliphatic carbocycles. The summed E-state index contributed by atoms with van der Waals surface area (Å²) in [6.45, 7) is 1.57. The number of rotatable bonds is 0. The highest BCUT2D eigenvalue weighted by atomic mass is 19.4. The molecule has 1 aliphatic heterocycles. The quantitative estimate of drug-likeness (QED) is 0.769. The van der Waals surface area contributed by atoms with E-state index in [-0.39, 0.29) is 12.2 Å². The van der Waals surface area contributed by atoms with E-state index in [1.54, 1.807) is 13.0 Å². The summed E-state index contributed by atoms with van der Waals surface area (Å²) >= 11 is 0. The summed E-state index contributed by atoms with van der Waals surface area (Å²) < 4.78 is 39.9. The van der Waals surface area contributed by atoms with Gasteiger partial charge in [-0.2, -0.15) is 18.3 Å². The lowest BCUT2D eigenvalue weighted by atomic mass is 10.1. The number of anilines is 1. The zero-order valence-corrected chi connectivity index (χ0v) is 8.91. The first-order chi connectivity index (χ1) is 7.97. The van der Waals surface area contributed by atoms with Gasteiger partial charge in [-0.1, -0.05) is 0 Å². The van der Waals surface area contributed by atoms with Gasteiger partial charge >= 0.3 is 6.18 Å². The third kappa shape index (κ3) is 1.45. The average Bonchev–Trinajstić information content (AvgIpc) is 2.76. The van der Waals surface area contributed by atoms with Gasteiger partial charge in [0.15, 0.2) is 5.65 Å². The van der Waals surface area contributed by atoms with Crippen LogP contribution in [0.15, 0.2) is 12.3 Å². The summed E-state index contributed by atoms with van der Waals surface area (Å²) in [6.07, 6.45) is -2.84. The summed E-state index contributed by atoms with van der Waals surface area (Å²) in [7, 11) is 0. The molecular formula is C10H9F3N4. The van der Waals surface area contributed by atoms with Gasteiger partial charge in [-0.15, -0.1) is 0 Å². The normalized spacial score (nSPS) is 19.4. The summed E-state index contributed by atoms with van der Waals surface area (Å²) in [5.74, 6) is -1.53. The van der Waals surface area contributed by atoms with Crippen LogP contribution in [0.25, 0.3) is 5.65 Å². The number of nitrogens with zero attached hydrogens (tertiary/aromatic N) is 3. The molecule has 2 aromatic rings. The van der Waals surface area contributed by atoms with Gasteiger partial charge in [-0.3, -0.25) is 0 Å². The molecule has 2 aromatic heterocycles. The Morgan fingerprint density at radius 2 is 2.24 bits per heavy atom. The van der Waals surface area contributed by atoms with Crippen molar-refractivity contribution in [3.8, 4) is 0 Å². The van der Waals surface area contributed by atoms with Crippen molar-refractivity contribution in [3.05, 3.63) is 23.7 Å². The first-order valence-corrected chi connectivity index (χ1v) is 5.12. The molecule has 0 radical (unpaired) electrons. The number of alkyl halides is 3. The van der Waals surface area contributed by atoms with Crippen LogP contribution in [-0.4, -0.2) is 27.3 Å². The maximum absolute atomic E-state index is 12.9. The van der Waals surface area contributed by atoms with Gasteiger partial charge in [-0.25, -0.2) is 9.50 Å². The molecule has 0 aromatic carbocycles. The maximum Gasteiger partial charge on any atom is 0.399 e. The highest BCUT2D eigenvalue weighted by Crippen LogP contribution is 2.41. The second-order valence-electron chi connectivity index (χ2n) is 4.09. The summed E-state index contributed by atoms with van der Waals surface area (Å²) in [5, 5.41) is 6.78. The number of hydrogen-bond donors (Lipinski definition) is 1. The molecule has 3 rings (SSSR count). The molecule has 17 heavy (non-hydrogen) atoms. The number of halogens is 3. The van der Waals surface area contributed by atoms with Crippen LogP contribution in [0, 0.1) is 6.92 Å². The Kier molecular flexibility index (Phi) is 1.90. The molecule has 7 heteroatoms. The highest BCUT2D eigenvalue weighted by molar-refractivity contribution is 5.58. The maximum atomic E-state index is 12.9. The summed E-state index contributed by atoms with van der Waals surface area (Å²) in [6, 6.07) is 1.66. The van der Waals surface area contributed by atoms with E-state index in [4.69, 9.17) is 0 Å². The highest BCUT2D eigenvalue weighted by Gasteiger charge is 2.46. The van der Waals surface area contributed by atoms with Crippen LogP contribution in [0.2, 0.25) is 0 Å². The Labute approximate surface area is 94.5 Å². The van der Waals surface area contributed by atoms with E-state index in [9.17, 15) is 13.2 Å². The van der Waals surface area contributed by atoms with E-state index in [0.29, 0.717) is 17.0 Å². The molecule has 4 nitrogen and oxygen atoms in total. The SMILES string of the molecule is Cc1cc2ncc3c(n2n1)C(C(F)(F)F)CN3. The van der Waals surface area contributed by atoms with Gasteiger partial charge in [0, 0.05) is 12.6 Å². The van der Waals surface area contributed by atoms with Crippen molar-refractivity contribution in [2.75, 3.05) is 11.9 Å². The Balaban J connectivity index is 2.27. The zero-order valence-electron chi connectivity index (χ0n) is 8.91. The summed E-state index contributed by atoms with van der Waals surface area (Å²) in [4.78, 5) is 4.06. The molecule has 1 aliphatic rings. The van der Waals surface area contributed by atoms with Crippen molar-refractivity contribution >= 4 is 11.3 Å². The van der Waals surface area contributed by atoms with Crippen molar-refractivity contribution in [3.63, 3.8) is 0 Å². The second-order valence-corrected chi connectivity index (χ2v) is 4.09. The fourth-order valence-electron chi connectivity index (χ4n) is 2.12. The van der Waals surface area contributed by atoms with Crippen LogP contribution in [0.4, 0.5) is 18.9 Å². The topological polar surface area (TPSA) is 42.2 Å². The van der Waals surface area contributed by atoms with Gasteiger partial charge in [0.25, 0.3) is 0 Å². The number of fused-ring (bicyclic) bond motifs is 3. The number of aromatic nitrogens is 3. The molecular weight excluding hydrogens is 233 g/mol. The van der Waals surface area contributed by atoms with Crippen LogP contribution in [0.3, 0.4) is 0 Å². The lowest BCUT2D eigenvalue weighted by Gasteiger charge is -2.14.